The van der Waals surface area contributed by atoms with Gasteiger partial charge < -0.3 is 20.5 Å². The van der Waals surface area contributed by atoms with Crippen LogP contribution in [0.15, 0.2) is 113 Å². The minimum Gasteiger partial charge on any atom is -0.505 e. The van der Waals surface area contributed by atoms with Crippen LogP contribution in [0, 0.1) is 10.1 Å². The second-order valence-corrected chi connectivity index (χ2v) is 9.01. The van der Waals surface area contributed by atoms with Gasteiger partial charge in [-0.25, -0.2) is 0 Å². The van der Waals surface area contributed by atoms with E-state index in [1.807, 2.05) is 6.07 Å². The van der Waals surface area contributed by atoms with E-state index < -0.39 is 16.6 Å². The fourth-order valence-corrected chi connectivity index (χ4v) is 4.19. The highest BCUT2D eigenvalue weighted by molar-refractivity contribution is 6.11. The lowest BCUT2D eigenvalue weighted by molar-refractivity contribution is -0.384. The summed E-state index contributed by atoms with van der Waals surface area (Å²) in [6.45, 7) is 0. The van der Waals surface area contributed by atoms with Gasteiger partial charge in [0.15, 0.2) is 5.75 Å². The van der Waals surface area contributed by atoms with E-state index in [1.165, 1.54) is 43.5 Å². The number of rotatable bonds is 8. The van der Waals surface area contributed by atoms with Crippen LogP contribution in [0.3, 0.4) is 0 Å². The molecule has 11 nitrogen and oxygen atoms in total. The number of carbonyl (C=O) groups excluding carboxylic acids is 2. The van der Waals surface area contributed by atoms with Gasteiger partial charge in [0.05, 0.1) is 17.6 Å². The molecule has 0 aliphatic carbocycles. The number of benzene rings is 5. The zero-order chi connectivity index (χ0) is 29.6. The van der Waals surface area contributed by atoms with Crippen molar-refractivity contribution in [2.45, 2.75) is 0 Å². The van der Waals surface area contributed by atoms with Crippen molar-refractivity contribution in [2.75, 3.05) is 17.7 Å². The number of amides is 2. The Morgan fingerprint density at radius 3 is 2.19 bits per heavy atom. The summed E-state index contributed by atoms with van der Waals surface area (Å²) < 4.78 is 5.40. The summed E-state index contributed by atoms with van der Waals surface area (Å²) >= 11 is 0. The Morgan fingerprint density at radius 2 is 1.48 bits per heavy atom. The van der Waals surface area contributed by atoms with Crippen molar-refractivity contribution in [1.29, 1.82) is 0 Å². The van der Waals surface area contributed by atoms with E-state index in [2.05, 4.69) is 20.9 Å². The number of azo groups is 1. The first-order chi connectivity index (χ1) is 20.3. The monoisotopic (exact) mass is 561 g/mol. The molecule has 208 valence electrons. The average molecular weight is 562 g/mol. The third kappa shape index (κ3) is 5.89. The van der Waals surface area contributed by atoms with E-state index in [9.17, 15) is 24.8 Å². The van der Waals surface area contributed by atoms with E-state index in [0.29, 0.717) is 33.5 Å². The SMILES string of the molecule is COc1ccc(C(=O)Nc2ccccc2)cc1N=Nc1c(O)c(C(=O)Nc2ccc([N+](=O)[O-])cc2)cc2ccccc12. The van der Waals surface area contributed by atoms with Crippen LogP contribution in [-0.4, -0.2) is 29.0 Å². The Kier molecular flexibility index (Phi) is 7.82. The van der Waals surface area contributed by atoms with Crippen molar-refractivity contribution in [3.8, 4) is 11.5 Å². The molecule has 0 saturated carbocycles. The van der Waals surface area contributed by atoms with E-state index in [1.54, 1.807) is 60.7 Å². The number of carbonyl (C=O) groups is 2. The molecule has 0 aliphatic rings. The lowest BCUT2D eigenvalue weighted by Gasteiger charge is -2.11. The molecule has 2 amide bonds. The van der Waals surface area contributed by atoms with Gasteiger partial charge in [-0.3, -0.25) is 19.7 Å². The molecule has 5 aromatic carbocycles. The number of phenols is 1. The maximum atomic E-state index is 13.2. The van der Waals surface area contributed by atoms with Crippen molar-refractivity contribution in [3.63, 3.8) is 0 Å². The predicted octanol–water partition coefficient (Wildman–Crippen LogP) is 7.38. The van der Waals surface area contributed by atoms with E-state index in [0.717, 1.165) is 0 Å². The van der Waals surface area contributed by atoms with Crippen molar-refractivity contribution < 1.29 is 24.4 Å². The van der Waals surface area contributed by atoms with Gasteiger partial charge in [-0.15, -0.1) is 10.2 Å². The van der Waals surface area contributed by atoms with Crippen molar-refractivity contribution >= 4 is 51.0 Å². The Balaban J connectivity index is 1.49. The van der Waals surface area contributed by atoms with Crippen LogP contribution in [0.1, 0.15) is 20.7 Å². The maximum Gasteiger partial charge on any atom is 0.269 e. The van der Waals surface area contributed by atoms with E-state index in [4.69, 9.17) is 4.74 Å². The summed E-state index contributed by atoms with van der Waals surface area (Å²) in [4.78, 5) is 36.4. The molecule has 0 unspecified atom stereocenters. The molecule has 0 saturated heterocycles. The molecule has 0 radical (unpaired) electrons. The second-order valence-electron chi connectivity index (χ2n) is 9.01. The van der Waals surface area contributed by atoms with Crippen molar-refractivity contribution in [2.24, 2.45) is 10.2 Å². The van der Waals surface area contributed by atoms with Gasteiger partial charge >= 0.3 is 0 Å². The first kappa shape index (κ1) is 27.5. The van der Waals surface area contributed by atoms with E-state index >= 15 is 0 Å². The summed E-state index contributed by atoms with van der Waals surface area (Å²) in [7, 11) is 1.45. The third-order valence-corrected chi connectivity index (χ3v) is 6.31. The van der Waals surface area contributed by atoms with Gasteiger partial charge in [0.1, 0.15) is 17.1 Å². The molecule has 42 heavy (non-hydrogen) atoms. The molecule has 11 heteroatoms. The molecule has 0 fully saturated rings. The standard InChI is InChI=1S/C31H23N5O6/c1-42-27-16-11-20(30(38)32-21-8-3-2-4-9-21)18-26(27)34-35-28-24-10-6-5-7-19(24)17-25(29(28)37)31(39)33-22-12-14-23(15-13-22)36(40)41/h2-18,37H,1H3,(H,32,38)(H,33,39). The molecular formula is C31H23N5O6. The summed E-state index contributed by atoms with van der Waals surface area (Å²) in [5, 5.41) is 37.2. The Morgan fingerprint density at radius 1 is 0.810 bits per heavy atom. The van der Waals surface area contributed by atoms with Gasteiger partial charge in [-0.2, -0.15) is 0 Å². The normalized spacial score (nSPS) is 10.9. The first-order valence-electron chi connectivity index (χ1n) is 12.6. The van der Waals surface area contributed by atoms with Crippen LogP contribution in [0.4, 0.5) is 28.4 Å². The predicted molar refractivity (Wildman–Crippen MR) is 158 cm³/mol. The molecule has 3 N–H and O–H groups in total. The van der Waals surface area contributed by atoms with Crippen LogP contribution in [0.2, 0.25) is 0 Å². The summed E-state index contributed by atoms with van der Waals surface area (Å²) in [6.07, 6.45) is 0. The molecule has 0 aromatic heterocycles. The lowest BCUT2D eigenvalue weighted by atomic mass is 10.0. The second kappa shape index (κ2) is 12.0. The quantitative estimate of drug-likeness (QED) is 0.102. The minimum atomic E-state index is -0.652. The van der Waals surface area contributed by atoms with Crippen molar-refractivity contribution in [3.05, 3.63) is 124 Å². The molecule has 0 heterocycles. The van der Waals surface area contributed by atoms with Crippen LogP contribution in [0.25, 0.3) is 10.8 Å². The number of hydrogen-bond acceptors (Lipinski definition) is 8. The topological polar surface area (TPSA) is 156 Å². The molecule has 5 rings (SSSR count). The molecule has 0 aliphatic heterocycles. The van der Waals surface area contributed by atoms with Gasteiger partial charge in [0.25, 0.3) is 17.5 Å². The number of fused-ring (bicyclic) bond motifs is 1. The number of nitrogens with zero attached hydrogens (tertiary/aromatic N) is 3. The number of anilines is 2. The van der Waals surface area contributed by atoms with Gasteiger partial charge in [0, 0.05) is 34.5 Å². The fourth-order valence-electron chi connectivity index (χ4n) is 4.19. The minimum absolute atomic E-state index is 0.0307. The number of nitro benzene ring substituents is 1. The number of ether oxygens (including phenoxy) is 1. The highest BCUT2D eigenvalue weighted by Crippen LogP contribution is 2.40. The zero-order valence-electron chi connectivity index (χ0n) is 22.1. The summed E-state index contributed by atoms with van der Waals surface area (Å²) in [5.41, 5.74) is 1.29. The Bertz CT molecular complexity index is 1840. The van der Waals surface area contributed by atoms with Gasteiger partial charge in [-0.1, -0.05) is 42.5 Å². The fraction of sp³-hybridized carbons (Fsp3) is 0.0323. The molecule has 0 bridgehead atoms. The van der Waals surface area contributed by atoms with Crippen LogP contribution in [0.5, 0.6) is 11.5 Å². The lowest BCUT2D eigenvalue weighted by Crippen LogP contribution is -2.12. The van der Waals surface area contributed by atoms with E-state index in [-0.39, 0.29) is 28.5 Å². The zero-order valence-corrected chi connectivity index (χ0v) is 22.1. The highest BCUT2D eigenvalue weighted by Gasteiger charge is 2.19. The smallest absolute Gasteiger partial charge is 0.269 e. The number of hydrogen-bond donors (Lipinski definition) is 3. The Hall–Kier alpha value is -6.10. The first-order valence-corrected chi connectivity index (χ1v) is 12.6. The number of nitrogens with one attached hydrogen (secondary N) is 2. The molecular weight excluding hydrogens is 538 g/mol. The molecule has 5 aromatic rings. The number of methoxy groups -OCH3 is 1. The molecule has 0 spiro atoms. The maximum absolute atomic E-state index is 13.2. The van der Waals surface area contributed by atoms with Gasteiger partial charge in [-0.05, 0) is 53.9 Å². The largest absolute Gasteiger partial charge is 0.505 e. The number of non-ortho nitro benzene ring substituents is 1. The third-order valence-electron chi connectivity index (χ3n) is 6.31. The van der Waals surface area contributed by atoms with Crippen molar-refractivity contribution in [1.82, 2.24) is 0 Å². The molecule has 0 atom stereocenters. The van der Waals surface area contributed by atoms with Crippen LogP contribution >= 0.6 is 0 Å². The highest BCUT2D eigenvalue weighted by atomic mass is 16.6. The van der Waals surface area contributed by atoms with Crippen LogP contribution < -0.4 is 15.4 Å². The summed E-state index contributed by atoms with van der Waals surface area (Å²) in [5.74, 6) is -1.10. The number of para-hydroxylation sites is 1. The number of nitro groups is 1. The average Bonchev–Trinajstić information content (AvgIpc) is 3.01. The summed E-state index contributed by atoms with van der Waals surface area (Å²) in [6, 6.07) is 27.5. The number of phenolic OH excluding ortho intramolecular Hbond substituents is 1. The Labute approximate surface area is 239 Å². The number of aromatic hydroxyl groups is 1. The van der Waals surface area contributed by atoms with Gasteiger partial charge in [0.2, 0.25) is 0 Å². The van der Waals surface area contributed by atoms with Crippen LogP contribution in [-0.2, 0) is 0 Å².